The zero-order chi connectivity index (χ0) is 10.1. The second-order valence-corrected chi connectivity index (χ2v) is 3.80. The Hall–Kier alpha value is -1.28. The fourth-order valence-corrected chi connectivity index (χ4v) is 1.91. The third kappa shape index (κ3) is 1.42. The van der Waals surface area contributed by atoms with E-state index in [1.165, 1.54) is 22.2 Å². The third-order valence-electron chi connectivity index (χ3n) is 2.70. The SMILES string of the molecule is Cc1ccc2c(c1)cc(CCN)n2C. The molecule has 0 spiro atoms. The molecule has 2 nitrogen and oxygen atoms in total. The summed E-state index contributed by atoms with van der Waals surface area (Å²) in [6, 6.07) is 8.77. The standard InChI is InChI=1S/C12H16N2/c1-9-3-4-12-10(7-9)8-11(5-6-13)14(12)2/h3-4,7-8H,5-6,13H2,1-2H3. The van der Waals surface area contributed by atoms with Crippen LogP contribution < -0.4 is 5.73 Å². The van der Waals surface area contributed by atoms with Crippen LogP contribution in [0.3, 0.4) is 0 Å². The minimum atomic E-state index is 0.711. The van der Waals surface area contributed by atoms with Crippen LogP contribution in [0.15, 0.2) is 24.3 Å². The van der Waals surface area contributed by atoms with Crippen molar-refractivity contribution in [1.82, 2.24) is 4.57 Å². The smallest absolute Gasteiger partial charge is 0.0480 e. The predicted molar refractivity (Wildman–Crippen MR) is 60.4 cm³/mol. The van der Waals surface area contributed by atoms with Crippen LogP contribution in [0.4, 0.5) is 0 Å². The van der Waals surface area contributed by atoms with Crippen LogP contribution in [0, 0.1) is 6.92 Å². The van der Waals surface area contributed by atoms with Crippen molar-refractivity contribution in [2.24, 2.45) is 12.8 Å². The zero-order valence-corrected chi connectivity index (χ0v) is 8.75. The number of rotatable bonds is 2. The highest BCUT2D eigenvalue weighted by molar-refractivity contribution is 5.82. The van der Waals surface area contributed by atoms with Crippen molar-refractivity contribution >= 4 is 10.9 Å². The number of hydrogen-bond acceptors (Lipinski definition) is 1. The number of benzene rings is 1. The Bertz CT molecular complexity index is 455. The summed E-state index contributed by atoms with van der Waals surface area (Å²) in [6.07, 6.45) is 0.949. The van der Waals surface area contributed by atoms with Gasteiger partial charge >= 0.3 is 0 Å². The van der Waals surface area contributed by atoms with Gasteiger partial charge in [-0.1, -0.05) is 11.6 Å². The number of nitrogens with two attached hydrogens (primary N) is 1. The van der Waals surface area contributed by atoms with Crippen molar-refractivity contribution in [2.45, 2.75) is 13.3 Å². The molecule has 2 aromatic rings. The van der Waals surface area contributed by atoms with E-state index < -0.39 is 0 Å². The van der Waals surface area contributed by atoms with Gasteiger partial charge in [0.2, 0.25) is 0 Å². The fourth-order valence-electron chi connectivity index (χ4n) is 1.91. The van der Waals surface area contributed by atoms with Crippen molar-refractivity contribution in [1.29, 1.82) is 0 Å². The Morgan fingerprint density at radius 1 is 1.29 bits per heavy atom. The monoisotopic (exact) mass is 188 g/mol. The van der Waals surface area contributed by atoms with Gasteiger partial charge < -0.3 is 10.3 Å². The Morgan fingerprint density at radius 3 is 2.79 bits per heavy atom. The molecule has 0 unspecified atom stereocenters. The molecule has 0 radical (unpaired) electrons. The minimum Gasteiger partial charge on any atom is -0.348 e. The van der Waals surface area contributed by atoms with E-state index in [-0.39, 0.29) is 0 Å². The Balaban J connectivity index is 2.61. The Kier molecular flexibility index (Phi) is 2.30. The minimum absolute atomic E-state index is 0.711. The lowest BCUT2D eigenvalue weighted by Gasteiger charge is -2.01. The van der Waals surface area contributed by atoms with Crippen LogP contribution in [0.2, 0.25) is 0 Å². The average Bonchev–Trinajstić information content (AvgIpc) is 2.44. The van der Waals surface area contributed by atoms with Crippen molar-refractivity contribution in [2.75, 3.05) is 6.54 Å². The maximum atomic E-state index is 5.57. The van der Waals surface area contributed by atoms with E-state index in [4.69, 9.17) is 5.73 Å². The largest absolute Gasteiger partial charge is 0.348 e. The van der Waals surface area contributed by atoms with Gasteiger partial charge in [-0.25, -0.2) is 0 Å². The fraction of sp³-hybridized carbons (Fsp3) is 0.333. The molecule has 2 heteroatoms. The first kappa shape index (κ1) is 9.28. The van der Waals surface area contributed by atoms with Crippen LogP contribution in [0.1, 0.15) is 11.3 Å². The van der Waals surface area contributed by atoms with Gasteiger partial charge in [0.1, 0.15) is 0 Å². The molecule has 0 saturated carbocycles. The maximum absolute atomic E-state index is 5.57. The van der Waals surface area contributed by atoms with Crippen LogP contribution in [-0.4, -0.2) is 11.1 Å². The van der Waals surface area contributed by atoms with Crippen molar-refractivity contribution in [3.05, 3.63) is 35.5 Å². The van der Waals surface area contributed by atoms with E-state index in [1.807, 2.05) is 0 Å². The molecule has 1 aromatic heterocycles. The third-order valence-corrected chi connectivity index (χ3v) is 2.70. The number of fused-ring (bicyclic) bond motifs is 1. The molecule has 0 aliphatic heterocycles. The molecule has 74 valence electrons. The molecule has 0 aliphatic rings. The van der Waals surface area contributed by atoms with E-state index in [2.05, 4.69) is 42.8 Å². The molecular weight excluding hydrogens is 172 g/mol. The first-order chi connectivity index (χ1) is 6.72. The molecule has 14 heavy (non-hydrogen) atoms. The summed E-state index contributed by atoms with van der Waals surface area (Å²) in [5.41, 5.74) is 9.48. The topological polar surface area (TPSA) is 30.9 Å². The average molecular weight is 188 g/mol. The molecule has 0 aliphatic carbocycles. The zero-order valence-electron chi connectivity index (χ0n) is 8.75. The lowest BCUT2D eigenvalue weighted by molar-refractivity contribution is 0.827. The van der Waals surface area contributed by atoms with E-state index in [0.29, 0.717) is 6.54 Å². The van der Waals surface area contributed by atoms with E-state index in [0.717, 1.165) is 6.42 Å². The maximum Gasteiger partial charge on any atom is 0.0480 e. The van der Waals surface area contributed by atoms with Crippen LogP contribution in [0.25, 0.3) is 10.9 Å². The molecule has 2 N–H and O–H groups in total. The summed E-state index contributed by atoms with van der Waals surface area (Å²) in [6.45, 7) is 2.83. The van der Waals surface area contributed by atoms with Gasteiger partial charge in [0.25, 0.3) is 0 Å². The van der Waals surface area contributed by atoms with Gasteiger partial charge in [0.05, 0.1) is 0 Å². The summed E-state index contributed by atoms with van der Waals surface area (Å²) in [5, 5.41) is 1.32. The Labute approximate surface area is 84.3 Å². The van der Waals surface area contributed by atoms with Gasteiger partial charge in [-0.3, -0.25) is 0 Å². The van der Waals surface area contributed by atoms with Crippen molar-refractivity contribution < 1.29 is 0 Å². The van der Waals surface area contributed by atoms with Gasteiger partial charge in [-0.2, -0.15) is 0 Å². The molecule has 0 amide bonds. The quantitative estimate of drug-likeness (QED) is 0.767. The second kappa shape index (κ2) is 3.46. The first-order valence-corrected chi connectivity index (χ1v) is 4.97. The molecule has 0 atom stereocenters. The van der Waals surface area contributed by atoms with Gasteiger partial charge in [0.15, 0.2) is 0 Å². The van der Waals surface area contributed by atoms with Crippen molar-refractivity contribution in [3.8, 4) is 0 Å². The number of hydrogen-bond donors (Lipinski definition) is 1. The number of aryl methyl sites for hydroxylation is 2. The van der Waals surface area contributed by atoms with E-state index >= 15 is 0 Å². The molecule has 0 saturated heterocycles. The van der Waals surface area contributed by atoms with Crippen LogP contribution in [-0.2, 0) is 13.5 Å². The summed E-state index contributed by atoms with van der Waals surface area (Å²) in [4.78, 5) is 0. The highest BCUT2D eigenvalue weighted by atomic mass is 14.9. The second-order valence-electron chi connectivity index (χ2n) is 3.80. The predicted octanol–water partition coefficient (Wildman–Crippen LogP) is 1.99. The highest BCUT2D eigenvalue weighted by Gasteiger charge is 2.04. The highest BCUT2D eigenvalue weighted by Crippen LogP contribution is 2.20. The van der Waals surface area contributed by atoms with Crippen molar-refractivity contribution in [3.63, 3.8) is 0 Å². The molecular formula is C12H16N2. The summed E-state index contributed by atoms with van der Waals surface area (Å²) >= 11 is 0. The van der Waals surface area contributed by atoms with Crippen LogP contribution in [0.5, 0.6) is 0 Å². The lowest BCUT2D eigenvalue weighted by Crippen LogP contribution is -2.06. The first-order valence-electron chi connectivity index (χ1n) is 4.97. The van der Waals surface area contributed by atoms with E-state index in [1.54, 1.807) is 0 Å². The van der Waals surface area contributed by atoms with Gasteiger partial charge in [-0.15, -0.1) is 0 Å². The Morgan fingerprint density at radius 2 is 2.07 bits per heavy atom. The molecule has 0 bridgehead atoms. The summed E-state index contributed by atoms with van der Waals surface area (Å²) in [5.74, 6) is 0. The molecule has 1 heterocycles. The van der Waals surface area contributed by atoms with Gasteiger partial charge in [-0.05, 0) is 38.1 Å². The molecule has 0 fully saturated rings. The molecule has 1 aromatic carbocycles. The number of aromatic nitrogens is 1. The molecule has 2 rings (SSSR count). The normalized spacial score (nSPS) is 11.1. The summed E-state index contributed by atoms with van der Waals surface area (Å²) < 4.78 is 2.22. The number of nitrogens with zero attached hydrogens (tertiary/aromatic N) is 1. The summed E-state index contributed by atoms with van der Waals surface area (Å²) in [7, 11) is 2.10. The van der Waals surface area contributed by atoms with Gasteiger partial charge in [0, 0.05) is 23.6 Å². The van der Waals surface area contributed by atoms with E-state index in [9.17, 15) is 0 Å². The lowest BCUT2D eigenvalue weighted by atomic mass is 10.2. The van der Waals surface area contributed by atoms with Crippen LogP contribution >= 0.6 is 0 Å².